The molecule has 0 heterocycles. The van der Waals surface area contributed by atoms with Gasteiger partial charge >= 0.3 is 0 Å². The molecule has 1 atom stereocenters. The monoisotopic (exact) mass is 560 g/mol. The smallest absolute Gasteiger partial charge is 0.242 e. The third-order valence-electron chi connectivity index (χ3n) is 4.68. The molecule has 0 aromatic heterocycles. The van der Waals surface area contributed by atoms with Gasteiger partial charge < -0.3 is 10.1 Å². The fourth-order valence-corrected chi connectivity index (χ4v) is 5.17. The van der Waals surface area contributed by atoms with Crippen molar-refractivity contribution in [2.45, 2.75) is 24.3 Å². The van der Waals surface area contributed by atoms with E-state index in [1.165, 1.54) is 30.3 Å². The van der Waals surface area contributed by atoms with Gasteiger partial charge in [0.2, 0.25) is 15.9 Å². The number of carbonyl (C=O) groups is 1. The van der Waals surface area contributed by atoms with Crippen LogP contribution in [0.25, 0.3) is 0 Å². The van der Waals surface area contributed by atoms with E-state index in [1.807, 2.05) is 6.07 Å². The van der Waals surface area contributed by atoms with E-state index in [9.17, 15) is 13.2 Å². The predicted octanol–water partition coefficient (Wildman–Crippen LogP) is 6.23. The molecule has 34 heavy (non-hydrogen) atoms. The first kappa shape index (κ1) is 26.6. The van der Waals surface area contributed by atoms with Crippen molar-refractivity contribution in [2.75, 3.05) is 11.9 Å². The normalized spacial score (nSPS) is 12.3. The summed E-state index contributed by atoms with van der Waals surface area (Å²) in [6.45, 7) is 2.16. The van der Waals surface area contributed by atoms with E-state index in [-0.39, 0.29) is 37.1 Å². The zero-order valence-electron chi connectivity index (χ0n) is 17.8. The number of benzene rings is 3. The van der Waals surface area contributed by atoms with Crippen molar-refractivity contribution in [3.8, 4) is 5.75 Å². The van der Waals surface area contributed by atoms with Gasteiger partial charge in [-0.05, 0) is 49.2 Å². The lowest BCUT2D eigenvalue weighted by atomic mass is 10.1. The van der Waals surface area contributed by atoms with Gasteiger partial charge in [0.1, 0.15) is 11.8 Å². The van der Waals surface area contributed by atoms with Crippen molar-refractivity contribution < 1.29 is 17.9 Å². The van der Waals surface area contributed by atoms with Crippen LogP contribution in [0.4, 0.5) is 5.69 Å². The Morgan fingerprint density at radius 1 is 0.912 bits per heavy atom. The highest BCUT2D eigenvalue weighted by atomic mass is 35.5. The van der Waals surface area contributed by atoms with Gasteiger partial charge in [-0.3, -0.25) is 4.79 Å². The van der Waals surface area contributed by atoms with Crippen LogP contribution in [0, 0.1) is 0 Å². The first-order chi connectivity index (χ1) is 16.1. The van der Waals surface area contributed by atoms with Crippen LogP contribution in [0.2, 0.25) is 20.1 Å². The number of halogens is 4. The molecule has 1 amide bonds. The van der Waals surface area contributed by atoms with E-state index in [0.29, 0.717) is 12.4 Å². The van der Waals surface area contributed by atoms with Crippen molar-refractivity contribution in [1.82, 2.24) is 4.72 Å². The third kappa shape index (κ3) is 6.78. The molecule has 2 N–H and O–H groups in total. The molecular formula is C23H20Cl4N2O4S. The van der Waals surface area contributed by atoms with Crippen molar-refractivity contribution >= 4 is 68.0 Å². The van der Waals surface area contributed by atoms with Crippen LogP contribution in [0.5, 0.6) is 5.75 Å². The summed E-state index contributed by atoms with van der Waals surface area (Å²) in [4.78, 5) is 13.1. The molecule has 11 heteroatoms. The maximum absolute atomic E-state index is 13.2. The van der Waals surface area contributed by atoms with Gasteiger partial charge in [-0.1, -0.05) is 76.7 Å². The van der Waals surface area contributed by atoms with Gasteiger partial charge in [0.25, 0.3) is 0 Å². The highest BCUT2D eigenvalue weighted by Gasteiger charge is 2.27. The second-order valence-corrected chi connectivity index (χ2v) is 10.5. The van der Waals surface area contributed by atoms with Crippen LogP contribution in [0.15, 0.2) is 65.6 Å². The van der Waals surface area contributed by atoms with E-state index >= 15 is 0 Å². The molecular weight excluding hydrogens is 542 g/mol. The summed E-state index contributed by atoms with van der Waals surface area (Å²) >= 11 is 24.3. The maximum Gasteiger partial charge on any atom is 0.242 e. The minimum Gasteiger partial charge on any atom is -0.492 e. The second-order valence-electron chi connectivity index (χ2n) is 7.12. The van der Waals surface area contributed by atoms with Crippen molar-refractivity contribution in [3.63, 3.8) is 0 Å². The highest BCUT2D eigenvalue weighted by molar-refractivity contribution is 7.89. The summed E-state index contributed by atoms with van der Waals surface area (Å²) in [6, 6.07) is 14.7. The standard InChI is InChI=1S/C23H20Cl4N2O4S/c1-2-33-22-9-8-15(11-19(22)27)34(31,32)29-21(10-14-6-4-3-5-7-14)23(30)28-20-13-17(25)16(24)12-18(20)26/h3-9,11-13,21,29H,2,10H2,1H3,(H,28,30). The number of nitrogens with one attached hydrogen (secondary N) is 2. The zero-order chi connectivity index (χ0) is 24.9. The van der Waals surface area contributed by atoms with Crippen molar-refractivity contribution in [2.24, 2.45) is 0 Å². The molecule has 0 aliphatic carbocycles. The average molecular weight is 562 g/mol. The second kappa shape index (κ2) is 11.6. The number of sulfonamides is 1. The van der Waals surface area contributed by atoms with Crippen LogP contribution < -0.4 is 14.8 Å². The van der Waals surface area contributed by atoms with E-state index in [0.717, 1.165) is 5.56 Å². The first-order valence-electron chi connectivity index (χ1n) is 10.0. The van der Waals surface area contributed by atoms with Crippen LogP contribution >= 0.6 is 46.4 Å². The Bertz CT molecular complexity index is 1290. The van der Waals surface area contributed by atoms with Gasteiger partial charge in [-0.2, -0.15) is 4.72 Å². The van der Waals surface area contributed by atoms with Crippen LogP contribution in [0.1, 0.15) is 12.5 Å². The molecule has 3 rings (SSSR count). The Morgan fingerprint density at radius 3 is 2.24 bits per heavy atom. The van der Waals surface area contributed by atoms with Gasteiger partial charge in [-0.25, -0.2) is 8.42 Å². The first-order valence-corrected chi connectivity index (χ1v) is 13.0. The molecule has 180 valence electrons. The largest absolute Gasteiger partial charge is 0.492 e. The molecule has 0 aliphatic rings. The van der Waals surface area contributed by atoms with Gasteiger partial charge in [-0.15, -0.1) is 0 Å². The minimum atomic E-state index is -4.13. The molecule has 0 saturated carbocycles. The number of carbonyl (C=O) groups excluding carboxylic acids is 1. The molecule has 3 aromatic rings. The van der Waals surface area contributed by atoms with E-state index in [1.54, 1.807) is 31.2 Å². The van der Waals surface area contributed by atoms with Crippen LogP contribution in [0.3, 0.4) is 0 Å². The zero-order valence-corrected chi connectivity index (χ0v) is 21.7. The molecule has 0 fully saturated rings. The molecule has 0 spiro atoms. The maximum atomic E-state index is 13.2. The SMILES string of the molecule is CCOc1ccc(S(=O)(=O)NC(Cc2ccccc2)C(=O)Nc2cc(Cl)c(Cl)cc2Cl)cc1Cl. The van der Waals surface area contributed by atoms with Crippen molar-refractivity contribution in [1.29, 1.82) is 0 Å². The Labute approximate surface area is 218 Å². The highest BCUT2D eigenvalue weighted by Crippen LogP contribution is 2.32. The van der Waals surface area contributed by atoms with E-state index < -0.39 is 22.0 Å². The Balaban J connectivity index is 1.90. The van der Waals surface area contributed by atoms with Crippen LogP contribution in [-0.2, 0) is 21.2 Å². The Hall–Kier alpha value is -2.00. The molecule has 0 bridgehead atoms. The van der Waals surface area contributed by atoms with Crippen LogP contribution in [-0.4, -0.2) is 27.0 Å². The average Bonchev–Trinajstić information content (AvgIpc) is 2.79. The topological polar surface area (TPSA) is 84.5 Å². The molecule has 0 saturated heterocycles. The van der Waals surface area contributed by atoms with E-state index in [2.05, 4.69) is 10.0 Å². The number of anilines is 1. The number of hydrogen-bond acceptors (Lipinski definition) is 4. The minimum absolute atomic E-state index is 0.0790. The Morgan fingerprint density at radius 2 is 1.59 bits per heavy atom. The quantitative estimate of drug-likeness (QED) is 0.303. The molecule has 6 nitrogen and oxygen atoms in total. The number of ether oxygens (including phenoxy) is 1. The van der Waals surface area contributed by atoms with E-state index in [4.69, 9.17) is 51.1 Å². The lowest BCUT2D eigenvalue weighted by molar-refractivity contribution is -0.117. The number of amides is 1. The summed E-state index contributed by atoms with van der Waals surface area (Å²) in [6.07, 6.45) is 0.0790. The summed E-state index contributed by atoms with van der Waals surface area (Å²) < 4.78 is 34.1. The fraction of sp³-hybridized carbons (Fsp3) is 0.174. The summed E-state index contributed by atoms with van der Waals surface area (Å²) in [5, 5.41) is 3.32. The predicted molar refractivity (Wildman–Crippen MR) is 137 cm³/mol. The lowest BCUT2D eigenvalue weighted by Crippen LogP contribution is -2.45. The fourth-order valence-electron chi connectivity index (χ4n) is 3.05. The van der Waals surface area contributed by atoms with Gasteiger partial charge in [0, 0.05) is 0 Å². The Kier molecular flexibility index (Phi) is 9.09. The summed E-state index contributed by atoms with van der Waals surface area (Å²) in [5.74, 6) is -0.277. The lowest BCUT2D eigenvalue weighted by Gasteiger charge is -2.20. The van der Waals surface area contributed by atoms with Gasteiger partial charge in [0.15, 0.2) is 0 Å². The third-order valence-corrected chi connectivity index (χ3v) is 7.48. The molecule has 3 aromatic carbocycles. The van der Waals surface area contributed by atoms with Crippen molar-refractivity contribution in [3.05, 3.63) is 86.3 Å². The number of hydrogen-bond donors (Lipinski definition) is 2. The molecule has 0 aliphatic heterocycles. The summed E-state index contributed by atoms with van der Waals surface area (Å²) in [5.41, 5.74) is 0.942. The number of rotatable bonds is 9. The van der Waals surface area contributed by atoms with Gasteiger partial charge in [0.05, 0.1) is 37.3 Å². The summed E-state index contributed by atoms with van der Waals surface area (Å²) in [7, 11) is -4.13. The molecule has 0 radical (unpaired) electrons. The molecule has 1 unspecified atom stereocenters.